The molecule has 0 unspecified atom stereocenters. The summed E-state index contributed by atoms with van der Waals surface area (Å²) in [6.45, 7) is 0.443. The highest BCUT2D eigenvalue weighted by Crippen LogP contribution is 2.23. The van der Waals surface area contributed by atoms with Crippen LogP contribution in [0.4, 0.5) is 0 Å². The van der Waals surface area contributed by atoms with Gasteiger partial charge in [-0.2, -0.15) is 5.26 Å². The van der Waals surface area contributed by atoms with Gasteiger partial charge in [0.05, 0.1) is 5.56 Å². The predicted octanol–water partition coefficient (Wildman–Crippen LogP) is 4.55. The van der Waals surface area contributed by atoms with E-state index in [2.05, 4.69) is 22.0 Å². The third-order valence-corrected chi connectivity index (χ3v) is 3.25. The normalized spacial score (nSPS) is 9.83. The molecule has 4 heteroatoms. The predicted molar refractivity (Wildman–Crippen MR) is 74.6 cm³/mol. The summed E-state index contributed by atoms with van der Waals surface area (Å²) in [4.78, 5) is 0. The van der Waals surface area contributed by atoms with Gasteiger partial charge < -0.3 is 4.74 Å². The van der Waals surface area contributed by atoms with E-state index in [-0.39, 0.29) is 0 Å². The largest absolute Gasteiger partial charge is 0.489 e. The average molecular weight is 323 g/mol. The molecule has 2 aromatic rings. The third-order valence-electron chi connectivity index (χ3n) is 2.36. The number of benzene rings is 2. The maximum Gasteiger partial charge on any atom is 0.121 e. The van der Waals surface area contributed by atoms with Gasteiger partial charge in [-0.25, -0.2) is 0 Å². The number of ether oxygens (including phenoxy) is 1. The molecule has 0 bridgehead atoms. The molecule has 0 heterocycles. The molecule has 18 heavy (non-hydrogen) atoms. The highest BCUT2D eigenvalue weighted by molar-refractivity contribution is 9.10. The lowest BCUT2D eigenvalue weighted by atomic mass is 10.2. The van der Waals surface area contributed by atoms with Gasteiger partial charge >= 0.3 is 0 Å². The van der Waals surface area contributed by atoms with Crippen molar-refractivity contribution in [3.05, 3.63) is 63.1 Å². The minimum Gasteiger partial charge on any atom is -0.489 e. The van der Waals surface area contributed by atoms with E-state index in [4.69, 9.17) is 21.6 Å². The Morgan fingerprint density at radius 2 is 2.06 bits per heavy atom. The lowest BCUT2D eigenvalue weighted by Gasteiger charge is -2.07. The zero-order valence-electron chi connectivity index (χ0n) is 9.36. The number of hydrogen-bond donors (Lipinski definition) is 0. The first-order valence-electron chi connectivity index (χ1n) is 5.26. The summed E-state index contributed by atoms with van der Waals surface area (Å²) in [5.41, 5.74) is 1.59. The summed E-state index contributed by atoms with van der Waals surface area (Å²) < 4.78 is 6.36. The lowest BCUT2D eigenvalue weighted by molar-refractivity contribution is 0.306. The van der Waals surface area contributed by atoms with Crippen LogP contribution in [-0.2, 0) is 6.61 Å². The van der Waals surface area contributed by atoms with Crippen LogP contribution < -0.4 is 4.74 Å². The van der Waals surface area contributed by atoms with E-state index in [1.807, 2.05) is 24.3 Å². The van der Waals surface area contributed by atoms with Crippen molar-refractivity contribution in [3.63, 3.8) is 0 Å². The summed E-state index contributed by atoms with van der Waals surface area (Å²) in [6, 6.07) is 14.9. The van der Waals surface area contributed by atoms with Crippen molar-refractivity contribution in [1.82, 2.24) is 0 Å². The van der Waals surface area contributed by atoms with Crippen molar-refractivity contribution >= 4 is 27.5 Å². The molecule has 0 aliphatic carbocycles. The Labute approximate surface area is 119 Å². The van der Waals surface area contributed by atoms with E-state index < -0.39 is 0 Å². The van der Waals surface area contributed by atoms with Crippen LogP contribution in [0.5, 0.6) is 5.75 Å². The Balaban J connectivity index is 2.07. The maximum atomic E-state index is 8.81. The van der Waals surface area contributed by atoms with Gasteiger partial charge in [0.25, 0.3) is 0 Å². The molecule has 0 spiro atoms. The smallest absolute Gasteiger partial charge is 0.121 e. The second kappa shape index (κ2) is 5.90. The molecular formula is C14H9BrClNO. The van der Waals surface area contributed by atoms with Crippen LogP contribution in [0, 0.1) is 11.3 Å². The van der Waals surface area contributed by atoms with Gasteiger partial charge in [-0.3, -0.25) is 0 Å². The van der Waals surface area contributed by atoms with E-state index in [1.165, 1.54) is 0 Å². The summed E-state index contributed by atoms with van der Waals surface area (Å²) in [5, 5.41) is 9.50. The summed E-state index contributed by atoms with van der Waals surface area (Å²) in [7, 11) is 0. The average Bonchev–Trinajstić information content (AvgIpc) is 2.37. The molecule has 0 aliphatic heterocycles. The van der Waals surface area contributed by atoms with Crippen LogP contribution in [0.2, 0.25) is 5.02 Å². The van der Waals surface area contributed by atoms with E-state index in [9.17, 15) is 0 Å². The van der Waals surface area contributed by atoms with Gasteiger partial charge in [0.1, 0.15) is 18.4 Å². The standard InChI is InChI=1S/C14H9BrClNO/c15-14-7-13(5-4-11(14)8-17)18-9-10-2-1-3-12(16)6-10/h1-7H,9H2. The zero-order valence-corrected chi connectivity index (χ0v) is 11.7. The molecule has 2 rings (SSSR count). The molecule has 0 fully saturated rings. The van der Waals surface area contributed by atoms with Gasteiger partial charge in [0.2, 0.25) is 0 Å². The minimum absolute atomic E-state index is 0.443. The van der Waals surface area contributed by atoms with Crippen molar-refractivity contribution in [2.45, 2.75) is 6.61 Å². The van der Waals surface area contributed by atoms with Gasteiger partial charge in [0, 0.05) is 9.50 Å². The Morgan fingerprint density at radius 1 is 1.22 bits per heavy atom. The van der Waals surface area contributed by atoms with Crippen molar-refractivity contribution < 1.29 is 4.74 Å². The fraction of sp³-hybridized carbons (Fsp3) is 0.0714. The molecule has 90 valence electrons. The molecule has 0 aliphatic rings. The Kier molecular flexibility index (Phi) is 4.24. The molecule has 0 amide bonds. The van der Waals surface area contributed by atoms with Gasteiger partial charge in [-0.05, 0) is 51.8 Å². The fourth-order valence-corrected chi connectivity index (χ4v) is 2.13. The number of halogens is 2. The Hall–Kier alpha value is -1.50. The summed E-state index contributed by atoms with van der Waals surface area (Å²) in [6.07, 6.45) is 0. The quantitative estimate of drug-likeness (QED) is 0.830. The van der Waals surface area contributed by atoms with E-state index in [0.29, 0.717) is 22.9 Å². The molecular weight excluding hydrogens is 314 g/mol. The van der Waals surface area contributed by atoms with Crippen LogP contribution in [0.15, 0.2) is 46.9 Å². The number of nitriles is 1. The van der Waals surface area contributed by atoms with E-state index in [1.54, 1.807) is 18.2 Å². The second-order valence-electron chi connectivity index (χ2n) is 3.67. The number of nitrogens with zero attached hydrogens (tertiary/aromatic N) is 1. The molecule has 0 N–H and O–H groups in total. The van der Waals surface area contributed by atoms with Crippen molar-refractivity contribution in [2.75, 3.05) is 0 Å². The second-order valence-corrected chi connectivity index (χ2v) is 4.96. The summed E-state index contributed by atoms with van der Waals surface area (Å²) in [5.74, 6) is 0.709. The highest BCUT2D eigenvalue weighted by atomic mass is 79.9. The molecule has 2 nitrogen and oxygen atoms in total. The first kappa shape index (κ1) is 12.9. The monoisotopic (exact) mass is 321 g/mol. The molecule has 2 aromatic carbocycles. The van der Waals surface area contributed by atoms with Crippen molar-refractivity contribution in [3.8, 4) is 11.8 Å². The molecule has 0 saturated heterocycles. The third kappa shape index (κ3) is 3.25. The van der Waals surface area contributed by atoms with Crippen LogP contribution in [0.3, 0.4) is 0 Å². The zero-order chi connectivity index (χ0) is 13.0. The van der Waals surface area contributed by atoms with Crippen molar-refractivity contribution in [1.29, 1.82) is 5.26 Å². The first-order valence-corrected chi connectivity index (χ1v) is 6.43. The Bertz CT molecular complexity index is 607. The van der Waals surface area contributed by atoms with E-state index in [0.717, 1.165) is 10.0 Å². The SMILES string of the molecule is N#Cc1ccc(OCc2cccc(Cl)c2)cc1Br. The molecule has 0 radical (unpaired) electrons. The molecule has 0 saturated carbocycles. The fourth-order valence-electron chi connectivity index (χ4n) is 1.47. The Morgan fingerprint density at radius 3 is 2.72 bits per heavy atom. The van der Waals surface area contributed by atoms with Gasteiger partial charge in [0.15, 0.2) is 0 Å². The summed E-state index contributed by atoms with van der Waals surface area (Å²) >= 11 is 9.21. The number of rotatable bonds is 3. The van der Waals surface area contributed by atoms with Crippen LogP contribution in [-0.4, -0.2) is 0 Å². The minimum atomic E-state index is 0.443. The lowest BCUT2D eigenvalue weighted by Crippen LogP contribution is -1.95. The molecule has 0 aromatic heterocycles. The van der Waals surface area contributed by atoms with Crippen molar-refractivity contribution in [2.24, 2.45) is 0 Å². The highest BCUT2D eigenvalue weighted by Gasteiger charge is 2.02. The van der Waals surface area contributed by atoms with E-state index >= 15 is 0 Å². The van der Waals surface area contributed by atoms with Crippen LogP contribution in [0.1, 0.15) is 11.1 Å². The topological polar surface area (TPSA) is 33.0 Å². The van der Waals surface area contributed by atoms with Gasteiger partial charge in [-0.1, -0.05) is 23.7 Å². The number of hydrogen-bond acceptors (Lipinski definition) is 2. The van der Waals surface area contributed by atoms with Gasteiger partial charge in [-0.15, -0.1) is 0 Å². The maximum absolute atomic E-state index is 8.81. The first-order chi connectivity index (χ1) is 8.69. The van der Waals surface area contributed by atoms with Crippen LogP contribution >= 0.6 is 27.5 Å². The van der Waals surface area contributed by atoms with Crippen LogP contribution in [0.25, 0.3) is 0 Å². The molecule has 0 atom stereocenters.